The first-order chi connectivity index (χ1) is 11.0. The number of rotatable bonds is 3. The third-order valence-electron chi connectivity index (χ3n) is 5.34. The number of aliphatic hydroxyl groups is 1. The third kappa shape index (κ3) is 2.72. The fraction of sp³-hybridized carbons (Fsp3) is 0.474. The number of aliphatic hydroxyl groups excluding tert-OH is 1. The van der Waals surface area contributed by atoms with Crippen molar-refractivity contribution in [3.8, 4) is 0 Å². The van der Waals surface area contributed by atoms with E-state index in [9.17, 15) is 9.90 Å². The summed E-state index contributed by atoms with van der Waals surface area (Å²) in [6, 6.07) is 12.2. The molecule has 2 unspecified atom stereocenters. The van der Waals surface area contributed by atoms with Gasteiger partial charge in [0.2, 0.25) is 5.91 Å². The van der Waals surface area contributed by atoms with Crippen molar-refractivity contribution < 1.29 is 9.90 Å². The van der Waals surface area contributed by atoms with E-state index in [4.69, 9.17) is 0 Å². The maximum atomic E-state index is 12.4. The van der Waals surface area contributed by atoms with Crippen LogP contribution in [0.15, 0.2) is 36.4 Å². The molecule has 0 bridgehead atoms. The molecular formula is C19H22N2O2. The van der Waals surface area contributed by atoms with Gasteiger partial charge in [0.25, 0.3) is 0 Å². The molecule has 23 heavy (non-hydrogen) atoms. The van der Waals surface area contributed by atoms with Gasteiger partial charge in [-0.15, -0.1) is 0 Å². The molecule has 4 heteroatoms. The van der Waals surface area contributed by atoms with Crippen LogP contribution in [-0.4, -0.2) is 40.1 Å². The van der Waals surface area contributed by atoms with Crippen molar-refractivity contribution in [2.24, 2.45) is 11.3 Å². The minimum absolute atomic E-state index is 0.0787. The number of fused-ring (bicyclic) bond motifs is 1. The first-order valence-electron chi connectivity index (χ1n) is 8.37. The molecule has 2 fully saturated rings. The van der Waals surface area contributed by atoms with Gasteiger partial charge in [0.05, 0.1) is 11.6 Å². The van der Waals surface area contributed by atoms with E-state index in [0.717, 1.165) is 29.4 Å². The highest BCUT2D eigenvalue weighted by Crippen LogP contribution is 2.47. The molecule has 0 radical (unpaired) electrons. The van der Waals surface area contributed by atoms with Gasteiger partial charge in [-0.2, -0.15) is 0 Å². The summed E-state index contributed by atoms with van der Waals surface area (Å²) in [6.07, 6.45) is 2.23. The van der Waals surface area contributed by atoms with Gasteiger partial charge in [-0.1, -0.05) is 31.2 Å². The summed E-state index contributed by atoms with van der Waals surface area (Å²) in [5, 5.41) is 11.5. The Morgan fingerprint density at radius 1 is 1.26 bits per heavy atom. The van der Waals surface area contributed by atoms with Gasteiger partial charge in [0, 0.05) is 35.5 Å². The Morgan fingerprint density at radius 2 is 2.04 bits per heavy atom. The zero-order chi connectivity index (χ0) is 16.0. The van der Waals surface area contributed by atoms with Crippen molar-refractivity contribution in [2.45, 2.75) is 32.3 Å². The second-order valence-corrected chi connectivity index (χ2v) is 7.30. The minimum Gasteiger partial charge on any atom is -0.391 e. The molecule has 2 aliphatic rings. The first kappa shape index (κ1) is 14.6. The van der Waals surface area contributed by atoms with Gasteiger partial charge >= 0.3 is 0 Å². The number of β-amino-alcohol motifs (C(OH)–C–C–N with tert-alkyl or cyclic N) is 1. The van der Waals surface area contributed by atoms with E-state index in [1.807, 2.05) is 42.2 Å². The lowest BCUT2D eigenvalue weighted by atomic mass is 9.99. The molecular weight excluding hydrogens is 288 g/mol. The minimum atomic E-state index is -0.449. The Kier molecular flexibility index (Phi) is 3.38. The number of pyridine rings is 1. The largest absolute Gasteiger partial charge is 0.391 e. The highest BCUT2D eigenvalue weighted by Gasteiger charge is 2.49. The monoisotopic (exact) mass is 310 g/mol. The molecule has 2 atom stereocenters. The molecule has 1 aromatic carbocycles. The molecule has 2 heterocycles. The average Bonchev–Trinajstić information content (AvgIpc) is 3.21. The maximum Gasteiger partial charge on any atom is 0.228 e. The Hall–Kier alpha value is -1.94. The van der Waals surface area contributed by atoms with Crippen LogP contribution in [0.25, 0.3) is 10.9 Å². The van der Waals surface area contributed by atoms with E-state index in [1.165, 1.54) is 0 Å². The molecule has 1 saturated carbocycles. The number of carbonyl (C=O) groups excluding carboxylic acids is 1. The normalized spacial score (nSPS) is 25.7. The predicted octanol–water partition coefficient (Wildman–Crippen LogP) is 2.40. The fourth-order valence-corrected chi connectivity index (χ4v) is 3.49. The summed E-state index contributed by atoms with van der Waals surface area (Å²) in [7, 11) is 0. The standard InChI is InChI=1S/C19H22N2O2/c1-19(8-9-19)18(23)21-11-14(17(22)12-21)10-15-7-6-13-4-2-3-5-16(13)20-15/h2-7,14,17,22H,8-12H2,1H3. The van der Waals surface area contributed by atoms with E-state index >= 15 is 0 Å². The summed E-state index contributed by atoms with van der Waals surface area (Å²) >= 11 is 0. The van der Waals surface area contributed by atoms with Crippen molar-refractivity contribution in [2.75, 3.05) is 13.1 Å². The lowest BCUT2D eigenvalue weighted by molar-refractivity contribution is -0.135. The van der Waals surface area contributed by atoms with Crippen molar-refractivity contribution in [1.29, 1.82) is 0 Å². The third-order valence-corrected chi connectivity index (χ3v) is 5.34. The second-order valence-electron chi connectivity index (χ2n) is 7.30. The predicted molar refractivity (Wildman–Crippen MR) is 88.9 cm³/mol. The smallest absolute Gasteiger partial charge is 0.228 e. The van der Waals surface area contributed by atoms with E-state index in [1.54, 1.807) is 0 Å². The van der Waals surface area contributed by atoms with Crippen LogP contribution in [0.4, 0.5) is 0 Å². The van der Waals surface area contributed by atoms with Gasteiger partial charge in [0.15, 0.2) is 0 Å². The first-order valence-corrected chi connectivity index (χ1v) is 8.37. The second kappa shape index (κ2) is 5.31. The number of nitrogens with zero attached hydrogens (tertiary/aromatic N) is 2. The Bertz CT molecular complexity index is 754. The lowest BCUT2D eigenvalue weighted by Crippen LogP contribution is -2.35. The number of aromatic nitrogens is 1. The Labute approximate surface area is 136 Å². The van der Waals surface area contributed by atoms with Crippen LogP contribution in [0.5, 0.6) is 0 Å². The van der Waals surface area contributed by atoms with Crippen LogP contribution in [0.2, 0.25) is 0 Å². The molecule has 2 aromatic rings. The van der Waals surface area contributed by atoms with E-state index < -0.39 is 6.10 Å². The molecule has 4 nitrogen and oxygen atoms in total. The molecule has 4 rings (SSSR count). The van der Waals surface area contributed by atoms with E-state index in [0.29, 0.717) is 19.5 Å². The summed E-state index contributed by atoms with van der Waals surface area (Å²) in [5.74, 6) is 0.292. The molecule has 1 aliphatic carbocycles. The number of amides is 1. The van der Waals surface area contributed by atoms with Gasteiger partial charge in [-0.05, 0) is 31.4 Å². The van der Waals surface area contributed by atoms with Crippen molar-refractivity contribution in [3.05, 3.63) is 42.1 Å². The van der Waals surface area contributed by atoms with Crippen LogP contribution in [0.1, 0.15) is 25.5 Å². The van der Waals surface area contributed by atoms with Gasteiger partial charge in [-0.25, -0.2) is 0 Å². The molecule has 1 aliphatic heterocycles. The van der Waals surface area contributed by atoms with Gasteiger partial charge in [0.1, 0.15) is 0 Å². The molecule has 1 aromatic heterocycles. The summed E-state index contributed by atoms with van der Waals surface area (Å²) < 4.78 is 0. The number of carbonyl (C=O) groups is 1. The van der Waals surface area contributed by atoms with Crippen molar-refractivity contribution >= 4 is 16.8 Å². The fourth-order valence-electron chi connectivity index (χ4n) is 3.49. The number of likely N-dealkylation sites (tertiary alicyclic amines) is 1. The maximum absolute atomic E-state index is 12.4. The summed E-state index contributed by atoms with van der Waals surface area (Å²) in [6.45, 7) is 3.14. The zero-order valence-corrected chi connectivity index (χ0v) is 13.4. The molecule has 120 valence electrons. The number of hydrogen-bond acceptors (Lipinski definition) is 3. The number of benzene rings is 1. The highest BCUT2D eigenvalue weighted by molar-refractivity contribution is 5.85. The quantitative estimate of drug-likeness (QED) is 0.947. The summed E-state index contributed by atoms with van der Waals surface area (Å²) in [4.78, 5) is 19.0. The molecule has 1 N–H and O–H groups in total. The SMILES string of the molecule is CC1(C(=O)N2CC(O)C(Cc3ccc4ccccc4n3)C2)CC1. The lowest BCUT2D eigenvalue weighted by Gasteiger charge is -2.20. The van der Waals surface area contributed by atoms with Gasteiger partial charge in [-0.3, -0.25) is 9.78 Å². The Morgan fingerprint density at radius 3 is 2.83 bits per heavy atom. The molecule has 0 spiro atoms. The molecule has 1 amide bonds. The number of para-hydroxylation sites is 1. The van der Waals surface area contributed by atoms with Crippen LogP contribution < -0.4 is 0 Å². The summed E-state index contributed by atoms with van der Waals surface area (Å²) in [5.41, 5.74) is 1.81. The zero-order valence-electron chi connectivity index (χ0n) is 13.4. The highest BCUT2D eigenvalue weighted by atomic mass is 16.3. The van der Waals surface area contributed by atoms with Crippen LogP contribution in [0.3, 0.4) is 0 Å². The average molecular weight is 310 g/mol. The van der Waals surface area contributed by atoms with Crippen LogP contribution >= 0.6 is 0 Å². The van der Waals surface area contributed by atoms with Crippen molar-refractivity contribution in [1.82, 2.24) is 9.88 Å². The van der Waals surface area contributed by atoms with E-state index in [-0.39, 0.29) is 17.2 Å². The number of hydrogen-bond donors (Lipinski definition) is 1. The van der Waals surface area contributed by atoms with Crippen LogP contribution in [0, 0.1) is 11.3 Å². The Balaban J connectivity index is 1.48. The van der Waals surface area contributed by atoms with Crippen molar-refractivity contribution in [3.63, 3.8) is 0 Å². The van der Waals surface area contributed by atoms with Gasteiger partial charge < -0.3 is 10.0 Å². The molecule has 1 saturated heterocycles. The van der Waals surface area contributed by atoms with Crippen LogP contribution in [-0.2, 0) is 11.2 Å². The van der Waals surface area contributed by atoms with E-state index in [2.05, 4.69) is 11.1 Å². The topological polar surface area (TPSA) is 53.4 Å².